The Morgan fingerprint density at radius 3 is 2.54 bits per heavy atom. The number of nitrogens with zero attached hydrogens (tertiary/aromatic N) is 4. The summed E-state index contributed by atoms with van der Waals surface area (Å²) in [7, 11) is 0. The smallest absolute Gasteiger partial charge is 0.306 e. The molecule has 0 aromatic carbocycles. The predicted octanol–water partition coefficient (Wildman–Crippen LogP) is 1.85. The van der Waals surface area contributed by atoms with Crippen LogP contribution in [-0.2, 0) is 16.1 Å². The first-order valence-electron chi connectivity index (χ1n) is 7.65. The number of carboxylic acid groups (broad SMARTS) is 1. The summed E-state index contributed by atoms with van der Waals surface area (Å²) in [5.74, 6) is -0.548. The second-order valence-corrected chi connectivity index (χ2v) is 6.58. The van der Waals surface area contributed by atoms with Crippen molar-refractivity contribution in [2.75, 3.05) is 4.31 Å². The molecule has 3 rings (SSSR count). The van der Waals surface area contributed by atoms with Crippen LogP contribution in [0.25, 0.3) is 5.82 Å². The van der Waals surface area contributed by atoms with Crippen molar-refractivity contribution < 1.29 is 18.7 Å². The molecule has 1 aliphatic carbocycles. The number of carboxylic acids is 1. The van der Waals surface area contributed by atoms with Crippen LogP contribution >= 0.6 is 0 Å². The summed E-state index contributed by atoms with van der Waals surface area (Å²) in [5, 5.41) is 13.2. The van der Waals surface area contributed by atoms with Gasteiger partial charge in [0.15, 0.2) is 5.82 Å². The van der Waals surface area contributed by atoms with Crippen molar-refractivity contribution in [3.63, 3.8) is 0 Å². The van der Waals surface area contributed by atoms with E-state index in [-0.39, 0.29) is 12.0 Å². The molecule has 9 heteroatoms. The molecule has 2 N–H and O–H groups in total. The van der Waals surface area contributed by atoms with Crippen LogP contribution in [0, 0.1) is 5.92 Å². The lowest BCUT2D eigenvalue weighted by atomic mass is 9.86. The molecule has 1 atom stereocenters. The van der Waals surface area contributed by atoms with Crippen molar-refractivity contribution in [1.82, 2.24) is 14.8 Å². The van der Waals surface area contributed by atoms with Gasteiger partial charge in [-0.15, -0.1) is 0 Å². The molecule has 0 saturated heterocycles. The summed E-state index contributed by atoms with van der Waals surface area (Å²) < 4.78 is 24.5. The maximum absolute atomic E-state index is 11.8. The van der Waals surface area contributed by atoms with E-state index in [1.807, 2.05) is 0 Å². The first-order chi connectivity index (χ1) is 11.6. The lowest BCUT2D eigenvalue weighted by molar-refractivity contribution is -0.142. The number of rotatable bonds is 5. The van der Waals surface area contributed by atoms with Crippen molar-refractivity contribution >= 4 is 22.9 Å². The Labute approximate surface area is 141 Å². The largest absolute Gasteiger partial charge is 0.481 e. The third kappa shape index (κ3) is 3.46. The van der Waals surface area contributed by atoms with E-state index in [1.54, 1.807) is 35.3 Å². The molecule has 1 unspecified atom stereocenters. The Morgan fingerprint density at radius 1 is 1.29 bits per heavy atom. The third-order valence-corrected chi connectivity index (χ3v) is 5.12. The minimum absolute atomic E-state index is 0.177. The van der Waals surface area contributed by atoms with Gasteiger partial charge in [-0.3, -0.25) is 13.7 Å². The molecule has 1 saturated carbocycles. The van der Waals surface area contributed by atoms with E-state index >= 15 is 0 Å². The molecule has 0 spiro atoms. The van der Waals surface area contributed by atoms with Gasteiger partial charge in [-0.05, 0) is 43.9 Å². The number of aliphatic carboxylic acids is 1. The maximum atomic E-state index is 11.8. The van der Waals surface area contributed by atoms with Crippen LogP contribution < -0.4 is 4.31 Å². The first-order valence-corrected chi connectivity index (χ1v) is 8.71. The van der Waals surface area contributed by atoms with Crippen LogP contribution in [0.4, 0.5) is 5.69 Å². The third-order valence-electron chi connectivity index (χ3n) is 4.27. The van der Waals surface area contributed by atoms with E-state index in [9.17, 15) is 13.6 Å². The molecule has 0 radical (unpaired) electrons. The van der Waals surface area contributed by atoms with Crippen LogP contribution in [-0.4, -0.2) is 40.6 Å². The van der Waals surface area contributed by atoms with Gasteiger partial charge in [-0.1, -0.05) is 0 Å². The fraction of sp³-hybridized carbons (Fsp3) is 0.400. The zero-order valence-corrected chi connectivity index (χ0v) is 13.7. The zero-order valence-electron chi connectivity index (χ0n) is 12.9. The number of hydrogen-bond donors (Lipinski definition) is 2. The van der Waals surface area contributed by atoms with Gasteiger partial charge in [0.25, 0.3) is 11.3 Å². The summed E-state index contributed by atoms with van der Waals surface area (Å²) in [4.78, 5) is 15.3. The van der Waals surface area contributed by atoms with E-state index in [4.69, 9.17) is 5.11 Å². The van der Waals surface area contributed by atoms with E-state index in [0.29, 0.717) is 37.2 Å². The Kier molecular flexibility index (Phi) is 4.91. The number of hydrogen-bond acceptors (Lipinski definition) is 4. The monoisotopic (exact) mass is 350 g/mol. The van der Waals surface area contributed by atoms with Crippen LogP contribution in [0.1, 0.15) is 25.7 Å². The van der Waals surface area contributed by atoms with Gasteiger partial charge in [-0.2, -0.15) is 5.10 Å². The predicted molar refractivity (Wildman–Crippen MR) is 88.0 cm³/mol. The minimum Gasteiger partial charge on any atom is -0.481 e. The lowest BCUT2D eigenvalue weighted by Crippen LogP contribution is -2.40. The average molecular weight is 350 g/mol. The number of carbonyl (C=O) groups is 1. The van der Waals surface area contributed by atoms with Crippen molar-refractivity contribution in [3.05, 3.63) is 36.8 Å². The van der Waals surface area contributed by atoms with E-state index in [0.717, 1.165) is 0 Å². The topological polar surface area (TPSA) is 109 Å². The normalized spacial score (nSPS) is 22.0. The van der Waals surface area contributed by atoms with Crippen LogP contribution in [0.5, 0.6) is 0 Å². The molecule has 2 aromatic rings. The molecular weight excluding hydrogens is 332 g/mol. The summed E-state index contributed by atoms with van der Waals surface area (Å²) in [5.41, 5.74) is 0.533. The van der Waals surface area contributed by atoms with Crippen LogP contribution in [0.15, 0.2) is 36.8 Å². The highest BCUT2D eigenvalue weighted by Gasteiger charge is 2.31. The van der Waals surface area contributed by atoms with Gasteiger partial charge < -0.3 is 5.11 Å². The summed E-state index contributed by atoms with van der Waals surface area (Å²) in [6, 6.07) is 5.06. The molecular formula is C15H18N4O4S. The molecule has 8 nitrogen and oxygen atoms in total. The Morgan fingerprint density at radius 2 is 2.04 bits per heavy atom. The minimum atomic E-state index is -2.19. The second-order valence-electron chi connectivity index (χ2n) is 5.73. The first kappa shape index (κ1) is 16.6. The average Bonchev–Trinajstić information content (AvgIpc) is 3.10. The molecule has 1 fully saturated rings. The summed E-state index contributed by atoms with van der Waals surface area (Å²) in [6.45, 7) is 0. The van der Waals surface area contributed by atoms with Gasteiger partial charge >= 0.3 is 5.97 Å². The molecule has 0 amide bonds. The highest BCUT2D eigenvalue weighted by atomic mass is 32.2. The highest BCUT2D eigenvalue weighted by Crippen LogP contribution is 2.31. The van der Waals surface area contributed by atoms with Gasteiger partial charge in [0, 0.05) is 18.4 Å². The maximum Gasteiger partial charge on any atom is 0.306 e. The van der Waals surface area contributed by atoms with Crippen LogP contribution in [0.2, 0.25) is 0 Å². The Hall–Kier alpha value is -2.26. The summed E-state index contributed by atoms with van der Waals surface area (Å²) >= 11 is -2.19. The molecule has 2 aromatic heterocycles. The SMILES string of the molecule is O=C(O)C1CCC(N(c2ccc(-n3cccn3)nc2)S(=O)O)CC1. The van der Waals surface area contributed by atoms with Crippen molar-refractivity contribution in [3.8, 4) is 5.82 Å². The van der Waals surface area contributed by atoms with Crippen molar-refractivity contribution in [1.29, 1.82) is 0 Å². The zero-order chi connectivity index (χ0) is 17.1. The summed E-state index contributed by atoms with van der Waals surface area (Å²) in [6.07, 6.45) is 7.07. The van der Waals surface area contributed by atoms with Crippen LogP contribution in [0.3, 0.4) is 0 Å². The lowest BCUT2D eigenvalue weighted by Gasteiger charge is -2.34. The highest BCUT2D eigenvalue weighted by molar-refractivity contribution is 7.80. The van der Waals surface area contributed by atoms with E-state index in [1.165, 1.54) is 10.5 Å². The van der Waals surface area contributed by atoms with Gasteiger partial charge in [0.05, 0.1) is 17.8 Å². The molecule has 128 valence electrons. The number of anilines is 1. The number of aromatic nitrogens is 3. The fourth-order valence-electron chi connectivity index (χ4n) is 3.03. The van der Waals surface area contributed by atoms with Gasteiger partial charge in [-0.25, -0.2) is 13.9 Å². The van der Waals surface area contributed by atoms with E-state index < -0.39 is 17.2 Å². The molecule has 0 aliphatic heterocycles. The molecule has 24 heavy (non-hydrogen) atoms. The van der Waals surface area contributed by atoms with Gasteiger partial charge in [0.2, 0.25) is 0 Å². The Bertz CT molecular complexity index is 712. The van der Waals surface area contributed by atoms with E-state index in [2.05, 4.69) is 10.1 Å². The molecule has 0 bridgehead atoms. The van der Waals surface area contributed by atoms with Crippen molar-refractivity contribution in [2.24, 2.45) is 5.92 Å². The number of pyridine rings is 1. The second kappa shape index (κ2) is 7.10. The Balaban J connectivity index is 1.77. The standard InChI is InChI=1S/C15H18N4O4S/c20-15(21)11-2-4-12(5-3-11)19(24(22)23)13-6-7-14(16-10-13)18-9-1-8-17-18/h1,6-12H,2-5H2,(H,20,21)(H,22,23). The molecule has 2 heterocycles. The quantitative estimate of drug-likeness (QED) is 0.797. The van der Waals surface area contributed by atoms with Crippen molar-refractivity contribution in [2.45, 2.75) is 31.7 Å². The van der Waals surface area contributed by atoms with Gasteiger partial charge in [0.1, 0.15) is 0 Å². The molecule has 1 aliphatic rings. The fourth-order valence-corrected chi connectivity index (χ4v) is 3.79.